The molecule has 0 aliphatic rings. The highest BCUT2D eigenvalue weighted by atomic mass is 32.2. The molecule has 0 saturated heterocycles. The molecule has 37 heavy (non-hydrogen) atoms. The van der Waals surface area contributed by atoms with E-state index in [9.17, 15) is 26.4 Å². The van der Waals surface area contributed by atoms with Crippen LogP contribution in [0.1, 0.15) is 5.56 Å². The van der Waals surface area contributed by atoms with Gasteiger partial charge in [0.1, 0.15) is 0 Å². The zero-order valence-corrected chi connectivity index (χ0v) is 19.9. The lowest BCUT2D eigenvalue weighted by Gasteiger charge is -2.09. The van der Waals surface area contributed by atoms with Crippen molar-refractivity contribution >= 4 is 32.0 Å². The van der Waals surface area contributed by atoms with Crippen LogP contribution in [0.2, 0.25) is 0 Å². The van der Waals surface area contributed by atoms with Gasteiger partial charge in [0, 0.05) is 19.2 Å². The molecule has 3 heterocycles. The third kappa shape index (κ3) is 4.28. The number of aliphatic hydroxyl groups excluding tert-OH is 1. The second kappa shape index (κ2) is 8.83. The van der Waals surface area contributed by atoms with Crippen molar-refractivity contribution in [3.05, 3.63) is 70.6 Å². The Morgan fingerprint density at radius 3 is 2.54 bits per heavy atom. The molecular weight excluding hydrogens is 513 g/mol. The van der Waals surface area contributed by atoms with Crippen LogP contribution in [0, 0.1) is 0 Å². The van der Waals surface area contributed by atoms with E-state index in [4.69, 9.17) is 5.11 Å². The third-order valence-corrected chi connectivity index (χ3v) is 7.27. The van der Waals surface area contributed by atoms with E-state index in [0.717, 1.165) is 16.8 Å². The highest BCUT2D eigenvalue weighted by Gasteiger charge is 2.31. The number of aromatic amines is 1. The number of hydrogen-bond donors (Lipinski definition) is 3. The number of hydrogen-bond acceptors (Lipinski definition) is 6. The number of halogens is 3. The number of aliphatic hydroxyl groups is 1. The number of nitrogens with zero attached hydrogens (tertiary/aromatic N) is 4. The monoisotopic (exact) mass is 532 g/mol. The summed E-state index contributed by atoms with van der Waals surface area (Å²) in [6.45, 7) is -0.523. The van der Waals surface area contributed by atoms with E-state index in [0.29, 0.717) is 16.6 Å². The largest absolute Gasteiger partial charge is 0.416 e. The average molecular weight is 533 g/mol. The number of benzene rings is 2. The molecule has 2 aromatic carbocycles. The first-order valence-electron chi connectivity index (χ1n) is 10.9. The molecule has 10 nitrogen and oxygen atoms in total. The summed E-state index contributed by atoms with van der Waals surface area (Å²) in [5.41, 5.74) is -0.370. The summed E-state index contributed by atoms with van der Waals surface area (Å²) in [7, 11) is -2.24. The summed E-state index contributed by atoms with van der Waals surface area (Å²) < 4.78 is 69.6. The summed E-state index contributed by atoms with van der Waals surface area (Å²) in [5.74, 6) is 0. The molecule has 0 spiro atoms. The van der Waals surface area contributed by atoms with Crippen LogP contribution in [0.15, 0.2) is 64.4 Å². The number of alkyl halides is 3. The van der Waals surface area contributed by atoms with Gasteiger partial charge in [-0.2, -0.15) is 18.3 Å². The topological polar surface area (TPSA) is 135 Å². The van der Waals surface area contributed by atoms with Crippen molar-refractivity contribution in [2.45, 2.75) is 11.1 Å². The highest BCUT2D eigenvalue weighted by molar-refractivity contribution is 7.89. The van der Waals surface area contributed by atoms with Gasteiger partial charge in [0.15, 0.2) is 5.65 Å². The van der Waals surface area contributed by atoms with Crippen LogP contribution >= 0.6 is 0 Å². The number of aromatic nitrogens is 5. The van der Waals surface area contributed by atoms with Crippen LogP contribution in [0.25, 0.3) is 38.9 Å². The number of pyridine rings is 1. The smallest absolute Gasteiger partial charge is 0.395 e. The van der Waals surface area contributed by atoms with Crippen molar-refractivity contribution in [2.24, 2.45) is 7.05 Å². The first-order chi connectivity index (χ1) is 17.5. The van der Waals surface area contributed by atoms with Crippen LogP contribution in [-0.4, -0.2) is 51.2 Å². The van der Waals surface area contributed by atoms with Gasteiger partial charge < -0.3 is 5.11 Å². The number of sulfonamides is 1. The van der Waals surface area contributed by atoms with Gasteiger partial charge >= 0.3 is 6.18 Å². The Morgan fingerprint density at radius 1 is 1.14 bits per heavy atom. The minimum atomic E-state index is -4.59. The summed E-state index contributed by atoms with van der Waals surface area (Å²) in [4.78, 5) is 18.0. The molecule has 192 valence electrons. The second-order valence-corrected chi connectivity index (χ2v) is 9.93. The summed E-state index contributed by atoms with van der Waals surface area (Å²) in [6.07, 6.45) is -3.10. The zero-order valence-electron chi connectivity index (χ0n) is 19.1. The van der Waals surface area contributed by atoms with Gasteiger partial charge in [-0.05, 0) is 36.4 Å². The lowest BCUT2D eigenvalue weighted by atomic mass is 10.0. The van der Waals surface area contributed by atoms with Crippen molar-refractivity contribution in [2.75, 3.05) is 13.2 Å². The molecule has 3 aromatic heterocycles. The van der Waals surface area contributed by atoms with Crippen molar-refractivity contribution in [1.82, 2.24) is 29.3 Å². The van der Waals surface area contributed by atoms with E-state index < -0.39 is 27.3 Å². The molecule has 5 aromatic rings. The van der Waals surface area contributed by atoms with Crippen molar-refractivity contribution in [1.29, 1.82) is 0 Å². The molecule has 0 atom stereocenters. The Kier molecular flexibility index (Phi) is 5.89. The second-order valence-electron chi connectivity index (χ2n) is 8.16. The van der Waals surface area contributed by atoms with Gasteiger partial charge in [-0.25, -0.2) is 22.8 Å². The quantitative estimate of drug-likeness (QED) is 0.308. The van der Waals surface area contributed by atoms with Crippen LogP contribution in [-0.2, 0) is 23.2 Å². The molecule has 0 amide bonds. The fourth-order valence-corrected chi connectivity index (χ4v) is 5.05. The molecular formula is C23H19F3N6O4S. The minimum Gasteiger partial charge on any atom is -0.395 e. The van der Waals surface area contributed by atoms with Crippen LogP contribution < -0.4 is 10.3 Å². The van der Waals surface area contributed by atoms with Gasteiger partial charge in [0.25, 0.3) is 5.56 Å². The molecule has 0 aliphatic heterocycles. The van der Waals surface area contributed by atoms with E-state index in [1.54, 1.807) is 7.05 Å². The highest BCUT2D eigenvalue weighted by Crippen LogP contribution is 2.34. The number of nitrogens with one attached hydrogen (secondary N) is 2. The predicted molar refractivity (Wildman–Crippen MR) is 129 cm³/mol. The Morgan fingerprint density at radius 2 is 1.86 bits per heavy atom. The van der Waals surface area contributed by atoms with E-state index in [1.165, 1.54) is 47.3 Å². The molecule has 0 unspecified atom stereocenters. The minimum absolute atomic E-state index is 0.0459. The fourth-order valence-electron chi connectivity index (χ4n) is 4.02. The Hall–Kier alpha value is -4.01. The van der Waals surface area contributed by atoms with Crippen LogP contribution in [0.3, 0.4) is 0 Å². The molecule has 0 fully saturated rings. The van der Waals surface area contributed by atoms with Crippen LogP contribution in [0.5, 0.6) is 0 Å². The van der Waals surface area contributed by atoms with Gasteiger partial charge in [-0.3, -0.25) is 14.6 Å². The van der Waals surface area contributed by atoms with E-state index >= 15 is 0 Å². The maximum Gasteiger partial charge on any atom is 0.416 e. The maximum absolute atomic E-state index is 13.6. The molecule has 5 rings (SSSR count). The Balaban J connectivity index is 1.71. The van der Waals surface area contributed by atoms with E-state index in [1.807, 2.05) is 0 Å². The summed E-state index contributed by atoms with van der Waals surface area (Å²) >= 11 is 0. The number of H-pyrrole nitrogens is 1. The molecule has 0 bridgehead atoms. The molecule has 14 heteroatoms. The molecule has 3 N–H and O–H groups in total. The first kappa shape index (κ1) is 24.7. The lowest BCUT2D eigenvalue weighted by Crippen LogP contribution is -2.26. The lowest BCUT2D eigenvalue weighted by molar-refractivity contribution is -0.137. The Labute approximate surface area is 207 Å². The first-order valence-corrected chi connectivity index (χ1v) is 12.3. The van der Waals surface area contributed by atoms with Crippen molar-refractivity contribution in [3.8, 4) is 16.9 Å². The summed E-state index contributed by atoms with van der Waals surface area (Å²) in [5, 5.41) is 16.5. The zero-order chi connectivity index (χ0) is 26.5. The number of fused-ring (bicyclic) bond motifs is 3. The van der Waals surface area contributed by atoms with Gasteiger partial charge in [-0.15, -0.1) is 0 Å². The number of rotatable bonds is 6. The molecule has 0 aliphatic carbocycles. The van der Waals surface area contributed by atoms with Gasteiger partial charge in [0.05, 0.1) is 50.9 Å². The van der Waals surface area contributed by atoms with Gasteiger partial charge in [0.2, 0.25) is 10.0 Å². The third-order valence-electron chi connectivity index (χ3n) is 5.79. The summed E-state index contributed by atoms with van der Waals surface area (Å²) in [6, 6.07) is 9.94. The van der Waals surface area contributed by atoms with Crippen LogP contribution in [0.4, 0.5) is 13.2 Å². The Bertz CT molecular complexity index is 1800. The van der Waals surface area contributed by atoms with E-state index in [2.05, 4.69) is 19.9 Å². The number of aryl methyl sites for hydroxylation is 1. The predicted octanol–water partition coefficient (Wildman–Crippen LogP) is 2.56. The normalized spacial score (nSPS) is 12.6. The SMILES string of the molecule is Cn1ncc2c3[nH]n(-c4ccc(S(=O)(=O)NCCO)cc4)c(=O)c3c(-c3cccc(C(F)(F)F)c3)nc21. The van der Waals surface area contributed by atoms with Gasteiger partial charge in [-0.1, -0.05) is 12.1 Å². The average Bonchev–Trinajstić information content (AvgIpc) is 3.42. The molecule has 0 saturated carbocycles. The van der Waals surface area contributed by atoms with Crippen molar-refractivity contribution < 1.29 is 26.7 Å². The molecule has 0 radical (unpaired) electrons. The maximum atomic E-state index is 13.6. The standard InChI is InChI=1S/C23H19F3N6O4S/c1-31-21-17(12-27-31)20-18(19(29-21)13-3-2-4-14(11-13)23(24,25)26)22(34)32(30-20)15-5-7-16(8-6-15)37(35,36)28-9-10-33/h2-8,11-12,28,30,33H,9-10H2,1H3. The fraction of sp³-hybridized carbons (Fsp3) is 0.174. The van der Waals surface area contributed by atoms with Crippen molar-refractivity contribution in [3.63, 3.8) is 0 Å². The van der Waals surface area contributed by atoms with E-state index in [-0.39, 0.29) is 40.4 Å².